The van der Waals surface area contributed by atoms with Gasteiger partial charge in [-0.1, -0.05) is 36.4 Å². The number of hydrogen-bond acceptors (Lipinski definition) is 4. The molecule has 3 aromatic carbocycles. The Labute approximate surface area is 213 Å². The Morgan fingerprint density at radius 3 is 2.11 bits per heavy atom. The molecular weight excluding hydrogens is 481 g/mol. The molecule has 6 nitrogen and oxygen atoms in total. The minimum absolute atomic E-state index is 0.0390. The van der Waals surface area contributed by atoms with Crippen molar-refractivity contribution in [3.05, 3.63) is 89.2 Å². The van der Waals surface area contributed by atoms with E-state index in [9.17, 15) is 23.1 Å². The van der Waals surface area contributed by atoms with Crippen molar-refractivity contribution in [3.63, 3.8) is 0 Å². The Hall–Kier alpha value is -3.40. The fraction of sp³-hybridized carbons (Fsp3) is 0.321. The molecule has 2 bridgehead atoms. The van der Waals surface area contributed by atoms with Gasteiger partial charge < -0.3 is 26.0 Å². The third kappa shape index (κ3) is 4.82. The van der Waals surface area contributed by atoms with Crippen LogP contribution in [0, 0.1) is 29.3 Å². The summed E-state index contributed by atoms with van der Waals surface area (Å²) in [7, 11) is 1.98. The lowest BCUT2D eigenvalue weighted by Gasteiger charge is -2.55. The second-order valence-corrected chi connectivity index (χ2v) is 10.0. The Bertz CT molecular complexity index is 1280. The van der Waals surface area contributed by atoms with E-state index in [1.807, 2.05) is 37.4 Å². The molecule has 2 heterocycles. The predicted octanol–water partition coefficient (Wildman–Crippen LogP) is 4.14. The van der Waals surface area contributed by atoms with Gasteiger partial charge in [0.2, 0.25) is 0 Å². The smallest absolute Gasteiger partial charge is 0.321 e. The maximum absolute atomic E-state index is 14.2. The van der Waals surface area contributed by atoms with E-state index in [4.69, 9.17) is 5.73 Å². The lowest BCUT2D eigenvalue weighted by molar-refractivity contribution is -0.153. The van der Waals surface area contributed by atoms with Crippen molar-refractivity contribution in [1.29, 1.82) is 0 Å². The molecule has 2 aliphatic rings. The summed E-state index contributed by atoms with van der Waals surface area (Å²) in [5.74, 6) is -2.47. The van der Waals surface area contributed by atoms with Gasteiger partial charge in [-0.3, -0.25) is 0 Å². The Morgan fingerprint density at radius 2 is 1.54 bits per heavy atom. The SMILES string of the molecule is CN1C[C@@H]2CN(C(=O)Nc3cc(F)cc(F)c3)C[C@H](C1)[C@]2(O)c1ccc(-c2ccc(CN)c(F)c2)cc1. The van der Waals surface area contributed by atoms with Crippen molar-refractivity contribution in [2.45, 2.75) is 12.1 Å². The maximum Gasteiger partial charge on any atom is 0.321 e. The van der Waals surface area contributed by atoms with Gasteiger partial charge in [0.1, 0.15) is 23.1 Å². The molecule has 2 saturated heterocycles. The number of nitrogens with two attached hydrogens (primary N) is 1. The second kappa shape index (κ2) is 9.81. The zero-order valence-electron chi connectivity index (χ0n) is 20.4. The number of fused-ring (bicyclic) bond motifs is 2. The van der Waals surface area contributed by atoms with Gasteiger partial charge in [0.05, 0.1) is 0 Å². The topological polar surface area (TPSA) is 81.8 Å². The summed E-state index contributed by atoms with van der Waals surface area (Å²) in [5, 5.41) is 14.6. The first-order valence-corrected chi connectivity index (χ1v) is 12.2. The first-order valence-electron chi connectivity index (χ1n) is 12.2. The van der Waals surface area contributed by atoms with Crippen LogP contribution in [0.5, 0.6) is 0 Å². The van der Waals surface area contributed by atoms with Crippen LogP contribution >= 0.6 is 0 Å². The second-order valence-electron chi connectivity index (χ2n) is 10.0. The molecule has 5 rings (SSSR count). The Balaban J connectivity index is 1.37. The highest BCUT2D eigenvalue weighted by Crippen LogP contribution is 2.45. The van der Waals surface area contributed by atoms with E-state index in [-0.39, 0.29) is 43.0 Å². The van der Waals surface area contributed by atoms with Crippen LogP contribution in [0.1, 0.15) is 11.1 Å². The molecule has 37 heavy (non-hydrogen) atoms. The minimum atomic E-state index is -1.17. The highest BCUT2D eigenvalue weighted by Gasteiger charge is 2.53. The van der Waals surface area contributed by atoms with Crippen LogP contribution in [0.4, 0.5) is 23.7 Å². The van der Waals surface area contributed by atoms with Crippen LogP contribution in [-0.2, 0) is 12.1 Å². The summed E-state index contributed by atoms with van der Waals surface area (Å²) in [6.07, 6.45) is 0. The molecule has 2 amide bonds. The van der Waals surface area contributed by atoms with Crippen molar-refractivity contribution in [1.82, 2.24) is 9.80 Å². The third-order valence-electron chi connectivity index (χ3n) is 7.55. The number of halogens is 3. The Morgan fingerprint density at radius 1 is 0.946 bits per heavy atom. The maximum atomic E-state index is 14.2. The lowest BCUT2D eigenvalue weighted by Crippen LogP contribution is -2.65. The van der Waals surface area contributed by atoms with Crippen LogP contribution in [0.15, 0.2) is 60.7 Å². The number of anilines is 1. The number of amides is 2. The molecule has 2 fully saturated rings. The fourth-order valence-corrected chi connectivity index (χ4v) is 5.73. The molecule has 194 valence electrons. The average Bonchev–Trinajstić information content (AvgIpc) is 2.84. The molecule has 0 spiro atoms. The largest absolute Gasteiger partial charge is 0.384 e. The highest BCUT2D eigenvalue weighted by atomic mass is 19.1. The van der Waals surface area contributed by atoms with E-state index in [1.165, 1.54) is 6.07 Å². The van der Waals surface area contributed by atoms with Gasteiger partial charge in [0.25, 0.3) is 0 Å². The number of hydrogen-bond donors (Lipinski definition) is 3. The van der Waals surface area contributed by atoms with Crippen LogP contribution in [0.3, 0.4) is 0 Å². The highest BCUT2D eigenvalue weighted by molar-refractivity contribution is 5.89. The van der Waals surface area contributed by atoms with Crippen molar-refractivity contribution < 1.29 is 23.1 Å². The molecule has 3 atom stereocenters. The fourth-order valence-electron chi connectivity index (χ4n) is 5.73. The first kappa shape index (κ1) is 25.3. The van der Waals surface area contributed by atoms with Crippen LogP contribution in [0.25, 0.3) is 11.1 Å². The quantitative estimate of drug-likeness (QED) is 0.493. The number of rotatable bonds is 4. The van der Waals surface area contributed by atoms with Gasteiger partial charge >= 0.3 is 6.03 Å². The standard InChI is InChI=1S/C28H29F3N4O2/c1-34-13-21-15-35(27(36)33-25-10-23(29)9-24(30)11-25)16-22(14-34)28(21,37)20-6-4-17(5-7-20)18-2-3-19(12-32)26(31)8-18/h2-11,21-22,37H,12-16,32H2,1H3,(H,33,36)/t21-,22+,28+. The molecule has 0 aliphatic carbocycles. The summed E-state index contributed by atoms with van der Waals surface area (Å²) in [5.41, 5.74) is 7.16. The van der Waals surface area contributed by atoms with E-state index in [0.29, 0.717) is 24.2 Å². The normalized spacial score (nSPS) is 23.7. The number of carbonyl (C=O) groups excluding carboxylic acids is 1. The van der Waals surface area contributed by atoms with Gasteiger partial charge in [0, 0.05) is 61.9 Å². The predicted molar refractivity (Wildman–Crippen MR) is 135 cm³/mol. The number of nitrogens with zero attached hydrogens (tertiary/aromatic N) is 2. The van der Waals surface area contributed by atoms with Gasteiger partial charge in [-0.2, -0.15) is 0 Å². The van der Waals surface area contributed by atoms with Gasteiger partial charge in [-0.25, -0.2) is 18.0 Å². The zero-order valence-corrected chi connectivity index (χ0v) is 20.4. The van der Waals surface area contributed by atoms with E-state index >= 15 is 0 Å². The summed E-state index contributed by atoms with van der Waals surface area (Å²) < 4.78 is 41.4. The van der Waals surface area contributed by atoms with Crippen molar-refractivity contribution in [2.24, 2.45) is 17.6 Å². The molecule has 9 heteroatoms. The monoisotopic (exact) mass is 510 g/mol. The van der Waals surface area contributed by atoms with Crippen molar-refractivity contribution >= 4 is 11.7 Å². The van der Waals surface area contributed by atoms with Crippen LogP contribution in [-0.4, -0.2) is 54.2 Å². The average molecular weight is 511 g/mol. The number of likely N-dealkylation sites (tertiary alicyclic amines) is 2. The van der Waals surface area contributed by atoms with Gasteiger partial charge in [0.15, 0.2) is 0 Å². The summed E-state index contributed by atoms with van der Waals surface area (Å²) in [6.45, 7) is 1.81. The summed E-state index contributed by atoms with van der Waals surface area (Å²) in [6, 6.07) is 14.8. The van der Waals surface area contributed by atoms with Crippen LogP contribution in [0.2, 0.25) is 0 Å². The van der Waals surface area contributed by atoms with Gasteiger partial charge in [-0.05, 0) is 41.9 Å². The van der Waals surface area contributed by atoms with Crippen LogP contribution < -0.4 is 11.1 Å². The molecule has 0 radical (unpaired) electrons. The minimum Gasteiger partial charge on any atom is -0.384 e. The molecule has 0 aromatic heterocycles. The zero-order chi connectivity index (χ0) is 26.3. The van der Waals surface area contributed by atoms with Crippen molar-refractivity contribution in [3.8, 4) is 11.1 Å². The number of aliphatic hydroxyl groups is 1. The van der Waals surface area contributed by atoms with E-state index in [0.717, 1.165) is 29.3 Å². The number of benzene rings is 3. The van der Waals surface area contributed by atoms with E-state index in [2.05, 4.69) is 10.2 Å². The molecular formula is C28H29F3N4O2. The summed E-state index contributed by atoms with van der Waals surface area (Å²) in [4.78, 5) is 16.7. The molecule has 0 saturated carbocycles. The molecule has 3 aromatic rings. The molecule has 2 aliphatic heterocycles. The number of urea groups is 1. The van der Waals surface area contributed by atoms with E-state index in [1.54, 1.807) is 11.0 Å². The number of nitrogens with one attached hydrogen (secondary N) is 1. The third-order valence-corrected chi connectivity index (χ3v) is 7.55. The van der Waals surface area contributed by atoms with Crippen molar-refractivity contribution in [2.75, 3.05) is 38.5 Å². The van der Waals surface area contributed by atoms with Gasteiger partial charge in [-0.15, -0.1) is 0 Å². The molecule has 0 unspecified atom stereocenters. The number of carbonyl (C=O) groups is 1. The molecule has 4 N–H and O–H groups in total. The lowest BCUT2D eigenvalue weighted by atomic mass is 9.66. The Kier molecular flexibility index (Phi) is 6.70. The van der Waals surface area contributed by atoms with E-state index < -0.39 is 23.3 Å². The number of piperidine rings is 2. The first-order chi connectivity index (χ1) is 17.7. The summed E-state index contributed by atoms with van der Waals surface area (Å²) >= 11 is 0.